The fraction of sp³-hybridized carbons (Fsp3) is 0.0909. The number of anilines is 1. The van der Waals surface area contributed by atoms with Crippen LogP contribution in [0.15, 0.2) is 78.9 Å². The van der Waals surface area contributed by atoms with E-state index in [0.717, 1.165) is 11.4 Å². The van der Waals surface area contributed by atoms with E-state index in [4.69, 9.17) is 26.4 Å². The highest BCUT2D eigenvalue weighted by Gasteiger charge is 2.07. The van der Waals surface area contributed by atoms with Gasteiger partial charge in [-0.25, -0.2) is 0 Å². The van der Waals surface area contributed by atoms with Crippen molar-refractivity contribution in [2.24, 2.45) is 0 Å². The molecule has 0 aromatic heterocycles. The molecule has 0 heterocycles. The lowest BCUT2D eigenvalue weighted by Gasteiger charge is -2.11. The Hall–Kier alpha value is -3.58. The third-order valence-corrected chi connectivity index (χ3v) is 3.98. The molecule has 0 atom stereocenters. The van der Waals surface area contributed by atoms with Gasteiger partial charge in [0, 0.05) is 5.69 Å². The summed E-state index contributed by atoms with van der Waals surface area (Å²) in [7, 11) is 1.58. The minimum atomic E-state index is -0.359. The highest BCUT2D eigenvalue weighted by Crippen LogP contribution is 2.22. The number of thiocarbonyl (C=S) groups is 1. The van der Waals surface area contributed by atoms with Crippen molar-refractivity contribution in [3.63, 3.8) is 0 Å². The minimum absolute atomic E-state index is 0.155. The summed E-state index contributed by atoms with van der Waals surface area (Å²) in [5.41, 5.74) is 0.729. The molecule has 0 aliphatic rings. The predicted octanol–water partition coefficient (Wildman–Crippen LogP) is 4.38. The third kappa shape index (κ3) is 6.51. The van der Waals surface area contributed by atoms with E-state index in [-0.39, 0.29) is 17.6 Å². The number of carbonyl (C=O) groups is 1. The molecule has 0 unspecified atom stereocenters. The van der Waals surface area contributed by atoms with Gasteiger partial charge >= 0.3 is 0 Å². The molecule has 3 aromatic rings. The second-order valence-electron chi connectivity index (χ2n) is 5.91. The fourth-order valence-corrected chi connectivity index (χ4v) is 2.61. The van der Waals surface area contributed by atoms with Crippen molar-refractivity contribution in [1.29, 1.82) is 0 Å². The van der Waals surface area contributed by atoms with Crippen molar-refractivity contribution in [2.45, 2.75) is 0 Å². The van der Waals surface area contributed by atoms with Crippen molar-refractivity contribution in [2.75, 3.05) is 19.0 Å². The van der Waals surface area contributed by atoms with Crippen LogP contribution in [0.5, 0.6) is 23.0 Å². The van der Waals surface area contributed by atoms with Crippen molar-refractivity contribution in [1.82, 2.24) is 5.32 Å². The van der Waals surface area contributed by atoms with E-state index in [1.807, 2.05) is 54.6 Å². The number of benzene rings is 3. The van der Waals surface area contributed by atoms with Crippen molar-refractivity contribution < 1.29 is 19.0 Å². The van der Waals surface area contributed by atoms with Crippen LogP contribution in [-0.4, -0.2) is 24.7 Å². The zero-order valence-corrected chi connectivity index (χ0v) is 16.6. The number of nitrogens with one attached hydrogen (secondary N) is 2. The van der Waals surface area contributed by atoms with Crippen LogP contribution >= 0.6 is 12.2 Å². The molecule has 29 heavy (non-hydrogen) atoms. The maximum Gasteiger partial charge on any atom is 0.264 e. The highest BCUT2D eigenvalue weighted by molar-refractivity contribution is 7.80. The number of methoxy groups -OCH3 is 1. The number of para-hydroxylation sites is 1. The van der Waals surface area contributed by atoms with E-state index in [0.29, 0.717) is 17.2 Å². The van der Waals surface area contributed by atoms with Crippen molar-refractivity contribution in [3.8, 4) is 23.0 Å². The number of amides is 1. The molecule has 0 radical (unpaired) electrons. The van der Waals surface area contributed by atoms with Crippen LogP contribution in [0.1, 0.15) is 0 Å². The summed E-state index contributed by atoms with van der Waals surface area (Å²) >= 11 is 5.17. The average molecular weight is 408 g/mol. The Morgan fingerprint density at radius 2 is 1.41 bits per heavy atom. The van der Waals surface area contributed by atoms with Crippen LogP contribution in [0.2, 0.25) is 0 Å². The predicted molar refractivity (Wildman–Crippen MR) is 116 cm³/mol. The van der Waals surface area contributed by atoms with E-state index in [1.54, 1.807) is 31.4 Å². The van der Waals surface area contributed by atoms with E-state index in [9.17, 15) is 4.79 Å². The number of hydrogen-bond acceptors (Lipinski definition) is 5. The Bertz CT molecular complexity index is 945. The molecule has 3 rings (SSSR count). The number of rotatable bonds is 7. The van der Waals surface area contributed by atoms with Gasteiger partial charge in [-0.15, -0.1) is 0 Å². The Kier molecular flexibility index (Phi) is 7.02. The van der Waals surface area contributed by atoms with E-state index in [1.165, 1.54) is 0 Å². The standard InChI is InChI=1S/C22H20N2O4S/c1-26-17-11-13-18(14-12-17)27-15-21(25)24-22(29)23-16-7-9-20(10-8-16)28-19-5-3-2-4-6-19/h2-14H,15H2,1H3,(H2,23,24,25,29). The maximum atomic E-state index is 12.0. The molecule has 0 aliphatic heterocycles. The summed E-state index contributed by atoms with van der Waals surface area (Å²) in [6.07, 6.45) is 0. The molecule has 0 saturated heterocycles. The number of hydrogen-bond donors (Lipinski definition) is 2. The second-order valence-corrected chi connectivity index (χ2v) is 6.31. The van der Waals surface area contributed by atoms with Gasteiger partial charge in [0.25, 0.3) is 5.91 Å². The second kappa shape index (κ2) is 10.1. The monoisotopic (exact) mass is 408 g/mol. The van der Waals surface area contributed by atoms with E-state index in [2.05, 4.69) is 10.6 Å². The largest absolute Gasteiger partial charge is 0.497 e. The maximum absolute atomic E-state index is 12.0. The van der Waals surface area contributed by atoms with E-state index < -0.39 is 0 Å². The summed E-state index contributed by atoms with van der Waals surface area (Å²) in [5, 5.41) is 5.71. The van der Waals surface area contributed by atoms with Crippen LogP contribution in [0.4, 0.5) is 5.69 Å². The average Bonchev–Trinajstić information content (AvgIpc) is 2.75. The van der Waals surface area contributed by atoms with Crippen LogP contribution in [-0.2, 0) is 4.79 Å². The first-order valence-corrected chi connectivity index (χ1v) is 9.24. The van der Waals surface area contributed by atoms with Gasteiger partial charge in [-0.1, -0.05) is 18.2 Å². The number of carbonyl (C=O) groups excluding carboxylic acids is 1. The first kappa shape index (κ1) is 20.2. The van der Waals surface area contributed by atoms with Gasteiger partial charge in [-0.3, -0.25) is 10.1 Å². The van der Waals surface area contributed by atoms with Gasteiger partial charge in [0.2, 0.25) is 0 Å². The van der Waals surface area contributed by atoms with Gasteiger partial charge in [-0.05, 0) is 72.9 Å². The van der Waals surface area contributed by atoms with Gasteiger partial charge in [-0.2, -0.15) is 0 Å². The molecule has 0 bridgehead atoms. The Labute approximate surface area is 174 Å². The molecule has 0 fully saturated rings. The summed E-state index contributed by atoms with van der Waals surface area (Å²) < 4.78 is 16.2. The zero-order valence-electron chi connectivity index (χ0n) is 15.8. The van der Waals surface area contributed by atoms with Gasteiger partial charge in [0.1, 0.15) is 23.0 Å². The van der Waals surface area contributed by atoms with E-state index >= 15 is 0 Å². The van der Waals surface area contributed by atoms with Gasteiger partial charge in [0.15, 0.2) is 11.7 Å². The molecule has 7 heteroatoms. The molecule has 3 aromatic carbocycles. The van der Waals surface area contributed by atoms with Crippen LogP contribution < -0.4 is 24.8 Å². The van der Waals surface area contributed by atoms with Crippen molar-refractivity contribution >= 4 is 28.9 Å². The topological polar surface area (TPSA) is 68.8 Å². The first-order valence-electron chi connectivity index (χ1n) is 8.83. The lowest BCUT2D eigenvalue weighted by molar-refractivity contribution is -0.121. The van der Waals surface area contributed by atoms with Crippen molar-refractivity contribution in [3.05, 3.63) is 78.9 Å². The van der Waals surface area contributed by atoms with Crippen LogP contribution in [0.3, 0.4) is 0 Å². The first-order chi connectivity index (χ1) is 14.1. The lowest BCUT2D eigenvalue weighted by Crippen LogP contribution is -2.37. The Morgan fingerprint density at radius 1 is 0.828 bits per heavy atom. The summed E-state index contributed by atoms with van der Waals surface area (Å²) in [5.74, 6) is 2.38. The molecule has 148 valence electrons. The smallest absolute Gasteiger partial charge is 0.264 e. The normalized spacial score (nSPS) is 9.97. The molecule has 6 nitrogen and oxygen atoms in total. The van der Waals surface area contributed by atoms with Gasteiger partial charge < -0.3 is 19.5 Å². The summed E-state index contributed by atoms with van der Waals surface area (Å²) in [6, 6.07) is 23.7. The minimum Gasteiger partial charge on any atom is -0.497 e. The quantitative estimate of drug-likeness (QED) is 0.566. The van der Waals surface area contributed by atoms with Crippen LogP contribution in [0, 0.1) is 0 Å². The molecule has 2 N–H and O–H groups in total. The molecular formula is C22H20N2O4S. The van der Waals surface area contributed by atoms with Crippen LogP contribution in [0.25, 0.3) is 0 Å². The molecule has 0 aliphatic carbocycles. The lowest BCUT2D eigenvalue weighted by atomic mass is 10.3. The summed E-state index contributed by atoms with van der Waals surface area (Å²) in [4.78, 5) is 12.0. The molecule has 0 saturated carbocycles. The number of ether oxygens (including phenoxy) is 3. The SMILES string of the molecule is COc1ccc(OCC(=O)NC(=S)Nc2ccc(Oc3ccccc3)cc2)cc1. The Morgan fingerprint density at radius 3 is 2.07 bits per heavy atom. The zero-order chi connectivity index (χ0) is 20.5. The molecule has 1 amide bonds. The molecular weight excluding hydrogens is 388 g/mol. The van der Waals surface area contributed by atoms with Gasteiger partial charge in [0.05, 0.1) is 7.11 Å². The Balaban J connectivity index is 1.43. The summed E-state index contributed by atoms with van der Waals surface area (Å²) in [6.45, 7) is -0.155. The fourth-order valence-electron chi connectivity index (χ4n) is 2.38. The third-order valence-electron chi connectivity index (χ3n) is 3.77. The highest BCUT2D eigenvalue weighted by atomic mass is 32.1. The molecule has 0 spiro atoms.